The number of aromatic nitrogens is 5. The highest BCUT2D eigenvalue weighted by Gasteiger charge is 2.16. The van der Waals surface area contributed by atoms with Crippen LogP contribution in [-0.4, -0.2) is 51.9 Å². The minimum atomic E-state index is -0.245. The Bertz CT molecular complexity index is 554. The van der Waals surface area contributed by atoms with Crippen LogP contribution in [0.4, 0.5) is 5.82 Å². The fraction of sp³-hybridized carbons (Fsp3) is 0.500. The molecule has 1 atom stereocenters. The Morgan fingerprint density at radius 3 is 3.06 bits per heavy atom. The number of carbonyl (C=O) groups is 1. The third kappa shape index (κ3) is 2.36. The SMILES string of the molecule is COC(=O)C(C)CN(C)c1ccc2nnnn2n1. The van der Waals surface area contributed by atoms with Crippen LogP contribution in [-0.2, 0) is 9.53 Å². The lowest BCUT2D eigenvalue weighted by atomic mass is 10.2. The summed E-state index contributed by atoms with van der Waals surface area (Å²) in [4.78, 5) is 13.2. The van der Waals surface area contributed by atoms with E-state index in [4.69, 9.17) is 0 Å². The topological polar surface area (TPSA) is 85.5 Å². The zero-order chi connectivity index (χ0) is 13.1. The first-order valence-electron chi connectivity index (χ1n) is 5.46. The van der Waals surface area contributed by atoms with E-state index in [0.29, 0.717) is 18.0 Å². The number of hydrogen-bond donors (Lipinski definition) is 0. The van der Waals surface area contributed by atoms with Crippen LogP contribution < -0.4 is 4.90 Å². The average Bonchev–Trinajstić information content (AvgIpc) is 2.84. The van der Waals surface area contributed by atoms with Crippen LogP contribution in [0.25, 0.3) is 5.65 Å². The van der Waals surface area contributed by atoms with Crippen molar-refractivity contribution in [3.63, 3.8) is 0 Å². The highest BCUT2D eigenvalue weighted by Crippen LogP contribution is 2.11. The van der Waals surface area contributed by atoms with E-state index in [1.807, 2.05) is 11.9 Å². The van der Waals surface area contributed by atoms with E-state index < -0.39 is 0 Å². The molecule has 0 saturated heterocycles. The monoisotopic (exact) mass is 250 g/mol. The lowest BCUT2D eigenvalue weighted by Crippen LogP contribution is -2.30. The van der Waals surface area contributed by atoms with Gasteiger partial charge in [0.1, 0.15) is 0 Å². The van der Waals surface area contributed by atoms with E-state index in [1.54, 1.807) is 19.1 Å². The summed E-state index contributed by atoms with van der Waals surface area (Å²) >= 11 is 0. The van der Waals surface area contributed by atoms with Gasteiger partial charge in [0.15, 0.2) is 11.5 Å². The van der Waals surface area contributed by atoms with Gasteiger partial charge in [0, 0.05) is 13.6 Å². The van der Waals surface area contributed by atoms with Crippen LogP contribution in [0.5, 0.6) is 0 Å². The maximum absolute atomic E-state index is 11.3. The molecule has 2 rings (SSSR count). The van der Waals surface area contributed by atoms with Gasteiger partial charge in [-0.25, -0.2) is 0 Å². The Morgan fingerprint density at radius 2 is 2.33 bits per heavy atom. The minimum absolute atomic E-state index is 0.230. The van der Waals surface area contributed by atoms with Gasteiger partial charge in [-0.3, -0.25) is 4.79 Å². The van der Waals surface area contributed by atoms with Crippen molar-refractivity contribution in [3.8, 4) is 0 Å². The molecule has 0 bridgehead atoms. The Hall–Kier alpha value is -2.25. The zero-order valence-electron chi connectivity index (χ0n) is 10.4. The number of fused-ring (bicyclic) bond motifs is 1. The average molecular weight is 250 g/mol. The molecule has 0 aromatic carbocycles. The quantitative estimate of drug-likeness (QED) is 0.692. The van der Waals surface area contributed by atoms with Gasteiger partial charge in [-0.1, -0.05) is 6.92 Å². The molecular formula is C10H14N6O2. The van der Waals surface area contributed by atoms with Crippen LogP contribution in [0.15, 0.2) is 12.1 Å². The van der Waals surface area contributed by atoms with Gasteiger partial charge in [0.2, 0.25) is 0 Å². The fourth-order valence-corrected chi connectivity index (χ4v) is 1.62. The Balaban J connectivity index is 2.12. The first-order valence-corrected chi connectivity index (χ1v) is 5.46. The van der Waals surface area contributed by atoms with E-state index in [1.165, 1.54) is 11.7 Å². The second-order valence-electron chi connectivity index (χ2n) is 4.02. The van der Waals surface area contributed by atoms with E-state index in [9.17, 15) is 4.79 Å². The third-order valence-corrected chi connectivity index (χ3v) is 2.60. The highest BCUT2D eigenvalue weighted by atomic mass is 16.5. The van der Waals surface area contributed by atoms with Crippen molar-refractivity contribution in [2.75, 3.05) is 25.6 Å². The number of ether oxygens (including phenoxy) is 1. The molecule has 8 nitrogen and oxygen atoms in total. The third-order valence-electron chi connectivity index (χ3n) is 2.60. The standard InChI is InChI=1S/C10H14N6O2/c1-7(10(17)18-3)6-15(2)9-5-4-8-11-13-14-16(8)12-9/h4-5,7H,6H2,1-3H3. The number of esters is 1. The predicted octanol–water partition coefficient (Wildman–Crippen LogP) is -0.235. The molecule has 0 radical (unpaired) electrons. The summed E-state index contributed by atoms with van der Waals surface area (Å²) in [6, 6.07) is 3.57. The number of tetrazole rings is 1. The summed E-state index contributed by atoms with van der Waals surface area (Å²) in [6.45, 7) is 2.31. The smallest absolute Gasteiger partial charge is 0.310 e. The summed E-state index contributed by atoms with van der Waals surface area (Å²) in [6.07, 6.45) is 0. The molecule has 0 amide bonds. The molecule has 0 aliphatic carbocycles. The number of nitrogens with zero attached hydrogens (tertiary/aromatic N) is 6. The van der Waals surface area contributed by atoms with E-state index in [0.717, 1.165) is 0 Å². The molecule has 0 N–H and O–H groups in total. The van der Waals surface area contributed by atoms with Crippen molar-refractivity contribution >= 4 is 17.4 Å². The van der Waals surface area contributed by atoms with Gasteiger partial charge in [-0.15, -0.1) is 14.8 Å². The lowest BCUT2D eigenvalue weighted by molar-refractivity contribution is -0.144. The Kier molecular flexibility index (Phi) is 3.35. The second kappa shape index (κ2) is 4.94. The summed E-state index contributed by atoms with van der Waals surface area (Å²) in [5.41, 5.74) is 0.577. The van der Waals surface area contributed by atoms with Crippen molar-refractivity contribution in [3.05, 3.63) is 12.1 Å². The summed E-state index contributed by atoms with van der Waals surface area (Å²) in [5.74, 6) is 0.210. The van der Waals surface area contributed by atoms with Crippen LogP contribution >= 0.6 is 0 Å². The molecule has 18 heavy (non-hydrogen) atoms. The maximum atomic E-state index is 11.3. The number of anilines is 1. The van der Waals surface area contributed by atoms with Crippen molar-refractivity contribution in [1.29, 1.82) is 0 Å². The summed E-state index contributed by atoms with van der Waals surface area (Å²) < 4.78 is 6.02. The first kappa shape index (κ1) is 12.2. The molecular weight excluding hydrogens is 236 g/mol. The molecule has 0 aliphatic rings. The van der Waals surface area contributed by atoms with Gasteiger partial charge >= 0.3 is 5.97 Å². The van der Waals surface area contributed by atoms with Gasteiger partial charge in [-0.05, 0) is 22.6 Å². The van der Waals surface area contributed by atoms with Crippen LogP contribution in [0, 0.1) is 5.92 Å². The number of hydrogen-bond acceptors (Lipinski definition) is 7. The number of carbonyl (C=O) groups excluding carboxylic acids is 1. The Labute approximate surface area is 104 Å². The Morgan fingerprint density at radius 1 is 1.56 bits per heavy atom. The summed E-state index contributed by atoms with van der Waals surface area (Å²) in [7, 11) is 3.22. The molecule has 0 spiro atoms. The van der Waals surface area contributed by atoms with Crippen molar-refractivity contribution in [1.82, 2.24) is 25.3 Å². The van der Waals surface area contributed by atoms with Crippen molar-refractivity contribution in [2.45, 2.75) is 6.92 Å². The lowest BCUT2D eigenvalue weighted by Gasteiger charge is -2.20. The molecule has 1 unspecified atom stereocenters. The van der Waals surface area contributed by atoms with Gasteiger partial charge < -0.3 is 9.64 Å². The van der Waals surface area contributed by atoms with E-state index in [-0.39, 0.29) is 11.9 Å². The maximum Gasteiger partial charge on any atom is 0.310 e. The molecule has 0 aliphatic heterocycles. The molecule has 2 aromatic rings. The second-order valence-corrected chi connectivity index (χ2v) is 4.02. The summed E-state index contributed by atoms with van der Waals surface area (Å²) in [5, 5.41) is 15.2. The largest absolute Gasteiger partial charge is 0.469 e. The molecule has 0 fully saturated rings. The normalized spacial score (nSPS) is 12.4. The van der Waals surface area contributed by atoms with Gasteiger partial charge in [0.25, 0.3) is 0 Å². The highest BCUT2D eigenvalue weighted by molar-refractivity contribution is 5.72. The molecule has 2 aromatic heterocycles. The molecule has 0 saturated carbocycles. The van der Waals surface area contributed by atoms with E-state index in [2.05, 4.69) is 25.4 Å². The molecule has 8 heteroatoms. The first-order chi connectivity index (χ1) is 8.61. The van der Waals surface area contributed by atoms with Crippen molar-refractivity contribution < 1.29 is 9.53 Å². The predicted molar refractivity (Wildman–Crippen MR) is 63.0 cm³/mol. The number of methoxy groups -OCH3 is 1. The van der Waals surface area contributed by atoms with Crippen LogP contribution in [0.3, 0.4) is 0 Å². The molecule has 2 heterocycles. The molecule has 96 valence electrons. The van der Waals surface area contributed by atoms with Gasteiger partial charge in [-0.2, -0.15) is 0 Å². The van der Waals surface area contributed by atoms with Gasteiger partial charge in [0.05, 0.1) is 13.0 Å². The van der Waals surface area contributed by atoms with Crippen LogP contribution in [0.2, 0.25) is 0 Å². The fourth-order valence-electron chi connectivity index (χ4n) is 1.62. The van der Waals surface area contributed by atoms with E-state index >= 15 is 0 Å². The van der Waals surface area contributed by atoms with Crippen LogP contribution in [0.1, 0.15) is 6.92 Å². The van der Waals surface area contributed by atoms with Crippen molar-refractivity contribution in [2.24, 2.45) is 5.92 Å². The minimum Gasteiger partial charge on any atom is -0.469 e. The number of rotatable bonds is 4. The zero-order valence-corrected chi connectivity index (χ0v) is 10.4.